The van der Waals surface area contributed by atoms with E-state index in [1.54, 1.807) is 0 Å². The first-order valence-corrected chi connectivity index (χ1v) is 6.61. The van der Waals surface area contributed by atoms with Gasteiger partial charge in [0.2, 0.25) is 0 Å². The van der Waals surface area contributed by atoms with Crippen molar-refractivity contribution < 1.29 is 9.84 Å². The largest absolute Gasteiger partial charge is 0.393 e. The summed E-state index contributed by atoms with van der Waals surface area (Å²) in [6.45, 7) is 8.35. The molecule has 1 saturated carbocycles. The van der Waals surface area contributed by atoms with E-state index in [1.165, 1.54) is 12.8 Å². The van der Waals surface area contributed by atoms with Crippen LogP contribution in [0.2, 0.25) is 0 Å². The summed E-state index contributed by atoms with van der Waals surface area (Å²) in [5.74, 6) is 0.547. The molecule has 1 aliphatic carbocycles. The highest BCUT2D eigenvalue weighted by molar-refractivity contribution is 4.82. The van der Waals surface area contributed by atoms with E-state index in [1.807, 2.05) is 0 Å². The average molecular weight is 227 g/mol. The van der Waals surface area contributed by atoms with E-state index >= 15 is 0 Å². The van der Waals surface area contributed by atoms with Crippen LogP contribution in [0.25, 0.3) is 0 Å². The Morgan fingerprint density at radius 1 is 1.38 bits per heavy atom. The number of ether oxygens (including phenoxy) is 1. The topological polar surface area (TPSA) is 32.7 Å². The Kier molecular flexibility index (Phi) is 3.88. The normalized spacial score (nSPS) is 35.4. The summed E-state index contributed by atoms with van der Waals surface area (Å²) in [7, 11) is 0. The van der Waals surface area contributed by atoms with Gasteiger partial charge in [-0.1, -0.05) is 6.42 Å². The summed E-state index contributed by atoms with van der Waals surface area (Å²) >= 11 is 0. The van der Waals surface area contributed by atoms with E-state index < -0.39 is 0 Å². The summed E-state index contributed by atoms with van der Waals surface area (Å²) in [6.07, 6.45) is 4.56. The molecule has 2 fully saturated rings. The molecule has 0 radical (unpaired) electrons. The van der Waals surface area contributed by atoms with Gasteiger partial charge in [-0.3, -0.25) is 4.90 Å². The second-order valence-electron chi connectivity index (χ2n) is 5.93. The van der Waals surface area contributed by atoms with Gasteiger partial charge in [-0.05, 0) is 45.6 Å². The molecule has 1 aliphatic heterocycles. The maximum atomic E-state index is 9.78. The van der Waals surface area contributed by atoms with Crippen LogP contribution in [0, 0.1) is 5.92 Å². The quantitative estimate of drug-likeness (QED) is 0.795. The summed E-state index contributed by atoms with van der Waals surface area (Å²) in [5, 5.41) is 9.78. The van der Waals surface area contributed by atoms with Crippen LogP contribution in [-0.2, 0) is 4.74 Å². The van der Waals surface area contributed by atoms with Gasteiger partial charge in [-0.2, -0.15) is 0 Å². The minimum Gasteiger partial charge on any atom is -0.393 e. The smallest absolute Gasteiger partial charge is 0.0753 e. The van der Waals surface area contributed by atoms with Crippen LogP contribution in [0.5, 0.6) is 0 Å². The van der Waals surface area contributed by atoms with E-state index in [-0.39, 0.29) is 11.7 Å². The molecule has 0 spiro atoms. The van der Waals surface area contributed by atoms with Gasteiger partial charge in [0.1, 0.15) is 0 Å². The number of hydrogen-bond acceptors (Lipinski definition) is 3. The van der Waals surface area contributed by atoms with Crippen LogP contribution in [0.1, 0.15) is 39.5 Å². The third-order valence-electron chi connectivity index (χ3n) is 3.94. The highest BCUT2D eigenvalue weighted by Crippen LogP contribution is 2.28. The molecule has 2 aliphatic rings. The summed E-state index contributed by atoms with van der Waals surface area (Å²) in [6, 6.07) is 0. The zero-order chi connectivity index (χ0) is 11.6. The van der Waals surface area contributed by atoms with Crippen molar-refractivity contribution in [2.24, 2.45) is 5.92 Å². The van der Waals surface area contributed by atoms with Crippen molar-refractivity contribution in [3.05, 3.63) is 0 Å². The second-order valence-corrected chi connectivity index (χ2v) is 5.93. The lowest BCUT2D eigenvalue weighted by Gasteiger charge is -2.38. The first-order valence-electron chi connectivity index (χ1n) is 6.61. The fourth-order valence-electron chi connectivity index (χ4n) is 3.01. The van der Waals surface area contributed by atoms with Crippen LogP contribution >= 0.6 is 0 Å². The van der Waals surface area contributed by atoms with Gasteiger partial charge in [0, 0.05) is 13.1 Å². The molecule has 3 nitrogen and oxygen atoms in total. The van der Waals surface area contributed by atoms with Crippen molar-refractivity contribution in [2.75, 3.05) is 26.2 Å². The number of morpholine rings is 1. The molecule has 1 heterocycles. The lowest BCUT2D eigenvalue weighted by Crippen LogP contribution is -2.48. The molecule has 0 aromatic rings. The molecule has 1 N–H and O–H groups in total. The number of rotatable bonds is 3. The number of aliphatic hydroxyl groups is 1. The Bertz CT molecular complexity index is 230. The van der Waals surface area contributed by atoms with Gasteiger partial charge in [0.25, 0.3) is 0 Å². The molecule has 0 amide bonds. The lowest BCUT2D eigenvalue weighted by molar-refractivity contribution is -0.0873. The van der Waals surface area contributed by atoms with Crippen molar-refractivity contribution in [2.45, 2.75) is 51.2 Å². The number of aliphatic hydroxyl groups excluding tert-OH is 1. The Labute approximate surface area is 98.8 Å². The molecule has 16 heavy (non-hydrogen) atoms. The predicted octanol–water partition coefficient (Wildman–Crippen LogP) is 1.65. The Morgan fingerprint density at radius 2 is 2.19 bits per heavy atom. The summed E-state index contributed by atoms with van der Waals surface area (Å²) < 4.78 is 5.70. The summed E-state index contributed by atoms with van der Waals surface area (Å²) in [5.41, 5.74) is 0.00649. The van der Waals surface area contributed by atoms with Gasteiger partial charge in [0.15, 0.2) is 0 Å². The molecule has 3 heteroatoms. The standard InChI is InChI=1S/C13H25NO2/c1-13(2)10-14(8-9-16-13)7-6-11-4-3-5-12(11)15/h11-12,15H,3-10H2,1-2H3. The number of hydrogen-bond donors (Lipinski definition) is 1. The average Bonchev–Trinajstić information content (AvgIpc) is 2.60. The molecule has 0 bridgehead atoms. The zero-order valence-corrected chi connectivity index (χ0v) is 10.6. The van der Waals surface area contributed by atoms with E-state index in [2.05, 4.69) is 18.7 Å². The van der Waals surface area contributed by atoms with Crippen LogP contribution in [0.15, 0.2) is 0 Å². The van der Waals surface area contributed by atoms with Crippen LogP contribution < -0.4 is 0 Å². The minimum absolute atomic E-state index is 0.00649. The van der Waals surface area contributed by atoms with Gasteiger partial charge in [-0.15, -0.1) is 0 Å². The van der Waals surface area contributed by atoms with Crippen molar-refractivity contribution in [3.8, 4) is 0 Å². The van der Waals surface area contributed by atoms with Crippen molar-refractivity contribution >= 4 is 0 Å². The zero-order valence-electron chi connectivity index (χ0n) is 10.6. The first-order chi connectivity index (χ1) is 7.57. The second kappa shape index (κ2) is 5.03. The molecule has 0 aromatic heterocycles. The first kappa shape index (κ1) is 12.3. The maximum absolute atomic E-state index is 9.78. The lowest BCUT2D eigenvalue weighted by atomic mass is 10.0. The molecule has 2 atom stereocenters. The van der Waals surface area contributed by atoms with Crippen molar-refractivity contribution in [1.82, 2.24) is 4.90 Å². The summed E-state index contributed by atoms with van der Waals surface area (Å²) in [4.78, 5) is 2.48. The van der Waals surface area contributed by atoms with Gasteiger partial charge < -0.3 is 9.84 Å². The molecular formula is C13H25NO2. The van der Waals surface area contributed by atoms with E-state index in [0.29, 0.717) is 5.92 Å². The predicted molar refractivity (Wildman–Crippen MR) is 64.4 cm³/mol. The molecule has 2 rings (SSSR count). The van der Waals surface area contributed by atoms with Crippen LogP contribution in [0.4, 0.5) is 0 Å². The van der Waals surface area contributed by atoms with Crippen LogP contribution in [-0.4, -0.2) is 48.0 Å². The van der Waals surface area contributed by atoms with Crippen molar-refractivity contribution in [3.63, 3.8) is 0 Å². The molecule has 94 valence electrons. The van der Waals surface area contributed by atoms with Gasteiger partial charge >= 0.3 is 0 Å². The monoisotopic (exact) mass is 227 g/mol. The third kappa shape index (κ3) is 3.19. The molecule has 2 unspecified atom stereocenters. The SMILES string of the molecule is CC1(C)CN(CCC2CCCC2O)CCO1. The van der Waals surface area contributed by atoms with Crippen LogP contribution in [0.3, 0.4) is 0 Å². The minimum atomic E-state index is -0.0333. The fourth-order valence-corrected chi connectivity index (χ4v) is 3.01. The Hall–Kier alpha value is -0.120. The van der Waals surface area contributed by atoms with E-state index in [4.69, 9.17) is 4.74 Å². The number of nitrogens with zero attached hydrogens (tertiary/aromatic N) is 1. The highest BCUT2D eigenvalue weighted by Gasteiger charge is 2.29. The Balaban J connectivity index is 1.73. The molecular weight excluding hydrogens is 202 g/mol. The molecule has 0 aromatic carbocycles. The highest BCUT2D eigenvalue weighted by atomic mass is 16.5. The van der Waals surface area contributed by atoms with E-state index in [9.17, 15) is 5.11 Å². The Morgan fingerprint density at radius 3 is 2.81 bits per heavy atom. The van der Waals surface area contributed by atoms with Gasteiger partial charge in [0.05, 0.1) is 18.3 Å². The van der Waals surface area contributed by atoms with Crippen molar-refractivity contribution in [1.29, 1.82) is 0 Å². The third-order valence-corrected chi connectivity index (χ3v) is 3.94. The molecule has 1 saturated heterocycles. The maximum Gasteiger partial charge on any atom is 0.0753 e. The van der Waals surface area contributed by atoms with Gasteiger partial charge in [-0.25, -0.2) is 0 Å². The van der Waals surface area contributed by atoms with E-state index in [0.717, 1.165) is 39.1 Å². The fraction of sp³-hybridized carbons (Fsp3) is 1.00.